The minimum atomic E-state index is -0.272. The molecule has 0 fully saturated rings. The van der Waals surface area contributed by atoms with Crippen molar-refractivity contribution in [1.29, 1.82) is 0 Å². The minimum absolute atomic E-state index is 0.0234. The van der Waals surface area contributed by atoms with Crippen LogP contribution in [0.15, 0.2) is 42.5 Å². The van der Waals surface area contributed by atoms with Gasteiger partial charge in [-0.25, -0.2) is 4.79 Å². The number of rotatable bonds is 1. The van der Waals surface area contributed by atoms with Crippen LogP contribution in [0.5, 0.6) is 0 Å². The molecule has 22 heavy (non-hydrogen) atoms. The maximum atomic E-state index is 12.5. The fourth-order valence-corrected chi connectivity index (χ4v) is 3.13. The molecule has 1 aliphatic rings. The number of carbonyl (C=O) groups is 1. The van der Waals surface area contributed by atoms with E-state index in [1.165, 1.54) is 15.8 Å². The molecule has 0 saturated carbocycles. The summed E-state index contributed by atoms with van der Waals surface area (Å²) in [4.78, 5) is 12.5. The Bertz CT molecular complexity index is 873. The Hall–Kier alpha value is -2.40. The molecular weight excluding hydrogens is 300 g/mol. The third-order valence-corrected chi connectivity index (χ3v) is 4.27. The third kappa shape index (κ3) is 2.14. The molecule has 0 aliphatic heterocycles. The first-order chi connectivity index (χ1) is 10.7. The Morgan fingerprint density at radius 2 is 2.14 bits per heavy atom. The lowest BCUT2D eigenvalue weighted by Gasteiger charge is -2.13. The number of carbonyl (C=O) groups excluding carboxylic acids is 1. The highest BCUT2D eigenvalue weighted by atomic mass is 35.5. The predicted molar refractivity (Wildman–Crippen MR) is 84.0 cm³/mol. The molecule has 0 unspecified atom stereocenters. The Balaban J connectivity index is 1.62. The van der Waals surface area contributed by atoms with Crippen LogP contribution in [0.3, 0.4) is 0 Å². The monoisotopic (exact) mass is 312 g/mol. The van der Waals surface area contributed by atoms with E-state index in [1.807, 2.05) is 12.1 Å². The maximum Gasteiger partial charge on any atom is 0.344 e. The van der Waals surface area contributed by atoms with Gasteiger partial charge >= 0.3 is 6.03 Å². The van der Waals surface area contributed by atoms with Gasteiger partial charge in [-0.05, 0) is 42.2 Å². The lowest BCUT2D eigenvalue weighted by Crippen LogP contribution is -2.32. The molecule has 1 amide bonds. The maximum absolute atomic E-state index is 12.5. The van der Waals surface area contributed by atoms with Gasteiger partial charge in [0.15, 0.2) is 0 Å². The molecule has 6 heteroatoms. The fourth-order valence-electron chi connectivity index (χ4n) is 2.96. The molecule has 110 valence electrons. The van der Waals surface area contributed by atoms with E-state index in [4.69, 9.17) is 11.6 Å². The van der Waals surface area contributed by atoms with Crippen molar-refractivity contribution < 1.29 is 4.79 Å². The van der Waals surface area contributed by atoms with Crippen molar-refractivity contribution in [3.63, 3.8) is 0 Å². The standard InChI is InChI=1S/C16H13ClN4O/c17-11-6-8-15-14(9-11)19-20-21(15)16(22)18-13-7-5-10-3-1-2-4-12(10)13/h1-4,6,8-9,13H,5,7H2,(H,18,22)/t13-/m0/s1. The number of aromatic nitrogens is 3. The van der Waals surface area contributed by atoms with Crippen LogP contribution in [0.2, 0.25) is 5.02 Å². The highest BCUT2D eigenvalue weighted by Crippen LogP contribution is 2.30. The molecule has 0 saturated heterocycles. The van der Waals surface area contributed by atoms with Crippen molar-refractivity contribution in [2.24, 2.45) is 0 Å². The molecule has 1 heterocycles. The van der Waals surface area contributed by atoms with Crippen molar-refractivity contribution in [2.75, 3.05) is 0 Å². The molecule has 0 spiro atoms. The summed E-state index contributed by atoms with van der Waals surface area (Å²) in [5, 5.41) is 11.5. The number of benzene rings is 2. The van der Waals surface area contributed by atoms with E-state index in [0.29, 0.717) is 16.1 Å². The number of aryl methyl sites for hydroxylation is 1. The van der Waals surface area contributed by atoms with E-state index in [0.717, 1.165) is 12.8 Å². The van der Waals surface area contributed by atoms with E-state index in [1.54, 1.807) is 18.2 Å². The van der Waals surface area contributed by atoms with Crippen LogP contribution in [0, 0.1) is 0 Å². The molecule has 1 aliphatic carbocycles. The van der Waals surface area contributed by atoms with Gasteiger partial charge in [-0.1, -0.05) is 41.1 Å². The zero-order valence-electron chi connectivity index (χ0n) is 11.7. The van der Waals surface area contributed by atoms with Gasteiger partial charge in [-0.15, -0.1) is 5.10 Å². The third-order valence-electron chi connectivity index (χ3n) is 4.03. The van der Waals surface area contributed by atoms with Crippen LogP contribution in [0.25, 0.3) is 11.0 Å². The second-order valence-corrected chi connectivity index (χ2v) is 5.81. The lowest BCUT2D eigenvalue weighted by atomic mass is 10.1. The molecule has 0 bridgehead atoms. The summed E-state index contributed by atoms with van der Waals surface area (Å²) in [6, 6.07) is 13.1. The van der Waals surface area contributed by atoms with Crippen molar-refractivity contribution >= 4 is 28.7 Å². The van der Waals surface area contributed by atoms with Crippen molar-refractivity contribution in [3.8, 4) is 0 Å². The van der Waals surface area contributed by atoms with E-state index in [9.17, 15) is 4.79 Å². The van der Waals surface area contributed by atoms with E-state index >= 15 is 0 Å². The second kappa shape index (κ2) is 5.10. The molecular formula is C16H13ClN4O. The van der Waals surface area contributed by atoms with E-state index in [2.05, 4.69) is 27.8 Å². The van der Waals surface area contributed by atoms with Crippen LogP contribution in [0.4, 0.5) is 4.79 Å². The number of nitrogens with zero attached hydrogens (tertiary/aromatic N) is 3. The Morgan fingerprint density at radius 3 is 3.05 bits per heavy atom. The summed E-state index contributed by atoms with van der Waals surface area (Å²) in [6.07, 6.45) is 1.89. The van der Waals surface area contributed by atoms with Crippen LogP contribution in [0.1, 0.15) is 23.6 Å². The van der Waals surface area contributed by atoms with Gasteiger partial charge < -0.3 is 5.32 Å². The van der Waals surface area contributed by atoms with Gasteiger partial charge in [-0.2, -0.15) is 4.68 Å². The topological polar surface area (TPSA) is 59.8 Å². The SMILES string of the molecule is O=C(N[C@H]1CCc2ccccc21)n1nnc2cc(Cl)ccc21. The highest BCUT2D eigenvalue weighted by molar-refractivity contribution is 6.31. The molecule has 0 radical (unpaired) electrons. The van der Waals surface area contributed by atoms with E-state index < -0.39 is 0 Å². The van der Waals surface area contributed by atoms with Crippen LogP contribution >= 0.6 is 11.6 Å². The molecule has 1 aromatic heterocycles. The first-order valence-corrected chi connectivity index (χ1v) is 7.50. The van der Waals surface area contributed by atoms with Gasteiger partial charge in [0.25, 0.3) is 0 Å². The molecule has 3 aromatic rings. The lowest BCUT2D eigenvalue weighted by molar-refractivity contribution is 0.236. The van der Waals surface area contributed by atoms with Crippen LogP contribution in [-0.4, -0.2) is 21.0 Å². The Morgan fingerprint density at radius 1 is 1.27 bits per heavy atom. The smallest absolute Gasteiger partial charge is 0.329 e. The number of fused-ring (bicyclic) bond motifs is 2. The summed E-state index contributed by atoms with van der Waals surface area (Å²) in [5.74, 6) is 0. The Kier molecular flexibility index (Phi) is 3.08. The summed E-state index contributed by atoms with van der Waals surface area (Å²) in [7, 11) is 0. The summed E-state index contributed by atoms with van der Waals surface area (Å²) in [6.45, 7) is 0. The predicted octanol–water partition coefficient (Wildman–Crippen LogP) is 3.33. The number of hydrogen-bond acceptors (Lipinski definition) is 3. The highest BCUT2D eigenvalue weighted by Gasteiger charge is 2.24. The quantitative estimate of drug-likeness (QED) is 0.749. The van der Waals surface area contributed by atoms with Gasteiger partial charge in [0, 0.05) is 5.02 Å². The fraction of sp³-hybridized carbons (Fsp3) is 0.188. The zero-order chi connectivity index (χ0) is 15.1. The number of halogens is 1. The van der Waals surface area contributed by atoms with Gasteiger partial charge in [0.05, 0.1) is 11.6 Å². The van der Waals surface area contributed by atoms with E-state index in [-0.39, 0.29) is 12.1 Å². The second-order valence-electron chi connectivity index (χ2n) is 5.37. The van der Waals surface area contributed by atoms with Crippen LogP contribution < -0.4 is 5.32 Å². The molecule has 4 rings (SSSR count). The molecule has 1 atom stereocenters. The largest absolute Gasteiger partial charge is 0.344 e. The number of amides is 1. The summed E-state index contributed by atoms with van der Waals surface area (Å²) >= 11 is 5.92. The number of hydrogen-bond donors (Lipinski definition) is 1. The first-order valence-electron chi connectivity index (χ1n) is 7.12. The van der Waals surface area contributed by atoms with Crippen molar-refractivity contribution in [2.45, 2.75) is 18.9 Å². The molecule has 1 N–H and O–H groups in total. The summed E-state index contributed by atoms with van der Waals surface area (Å²) < 4.78 is 1.28. The molecule has 2 aromatic carbocycles. The Labute approximate surface area is 131 Å². The van der Waals surface area contributed by atoms with Crippen molar-refractivity contribution in [3.05, 3.63) is 58.6 Å². The average Bonchev–Trinajstić information content (AvgIpc) is 3.11. The summed E-state index contributed by atoms with van der Waals surface area (Å²) in [5.41, 5.74) is 3.73. The molecule has 5 nitrogen and oxygen atoms in total. The van der Waals surface area contributed by atoms with Gasteiger partial charge in [0.2, 0.25) is 0 Å². The number of nitrogens with one attached hydrogen (secondary N) is 1. The van der Waals surface area contributed by atoms with Crippen LogP contribution in [-0.2, 0) is 6.42 Å². The first kappa shape index (κ1) is 13.3. The normalized spacial score (nSPS) is 16.7. The minimum Gasteiger partial charge on any atom is -0.329 e. The van der Waals surface area contributed by atoms with Gasteiger partial charge in [0.1, 0.15) is 5.52 Å². The zero-order valence-corrected chi connectivity index (χ0v) is 12.4. The average molecular weight is 313 g/mol. The van der Waals surface area contributed by atoms with Crippen molar-refractivity contribution in [1.82, 2.24) is 20.3 Å². The van der Waals surface area contributed by atoms with Gasteiger partial charge in [-0.3, -0.25) is 0 Å².